The minimum Gasteiger partial charge on any atom is -0.748 e. The van der Waals surface area contributed by atoms with Crippen molar-refractivity contribution in [2.75, 3.05) is 13.2 Å². The Morgan fingerprint density at radius 1 is 1.44 bits per heavy atom. The Kier molecular flexibility index (Phi) is 3.64. The van der Waals surface area contributed by atoms with Gasteiger partial charge in [0.1, 0.15) is 10.1 Å². The van der Waals surface area contributed by atoms with Crippen LogP contribution in [0.25, 0.3) is 0 Å². The van der Waals surface area contributed by atoms with E-state index in [9.17, 15) is 13.0 Å². The summed E-state index contributed by atoms with van der Waals surface area (Å²) in [7, 11) is -4.04. The molecule has 1 rings (SSSR count). The molecule has 1 heterocycles. The van der Waals surface area contributed by atoms with E-state index < -0.39 is 15.4 Å². The fourth-order valence-electron chi connectivity index (χ4n) is 0.381. The molecular formula is C3H5NaO4S. The molecule has 9 heavy (non-hydrogen) atoms. The van der Waals surface area contributed by atoms with Gasteiger partial charge in [-0.3, -0.25) is 0 Å². The Morgan fingerprint density at radius 2 is 1.89 bits per heavy atom. The first-order chi connectivity index (χ1) is 3.61. The van der Waals surface area contributed by atoms with Crippen molar-refractivity contribution in [1.82, 2.24) is 0 Å². The van der Waals surface area contributed by atoms with Crippen LogP contribution in [-0.2, 0) is 14.9 Å². The number of rotatable bonds is 1. The Labute approximate surface area is 75.6 Å². The van der Waals surface area contributed by atoms with Gasteiger partial charge >= 0.3 is 29.6 Å². The second kappa shape index (κ2) is 3.32. The minimum atomic E-state index is -4.04. The maximum absolute atomic E-state index is 9.98. The van der Waals surface area contributed by atoms with Crippen LogP contribution in [0.4, 0.5) is 0 Å². The van der Waals surface area contributed by atoms with Gasteiger partial charge in [0.05, 0.1) is 18.5 Å². The molecule has 6 heteroatoms. The van der Waals surface area contributed by atoms with Crippen LogP contribution in [0.2, 0.25) is 0 Å². The predicted molar refractivity (Wildman–Crippen MR) is 24.3 cm³/mol. The average molecular weight is 160 g/mol. The van der Waals surface area contributed by atoms with Crippen LogP contribution in [0.1, 0.15) is 0 Å². The molecule has 0 aromatic carbocycles. The van der Waals surface area contributed by atoms with Gasteiger partial charge < -0.3 is 9.29 Å². The molecule has 0 bridgehead atoms. The zero-order valence-corrected chi connectivity index (χ0v) is 7.85. The predicted octanol–water partition coefficient (Wildman–Crippen LogP) is -4.07. The second-order valence-corrected chi connectivity index (χ2v) is 3.30. The normalized spacial score (nSPS) is 20.1. The molecule has 1 aliphatic rings. The van der Waals surface area contributed by atoms with Crippen molar-refractivity contribution in [2.24, 2.45) is 0 Å². The van der Waals surface area contributed by atoms with Crippen LogP contribution >= 0.6 is 0 Å². The van der Waals surface area contributed by atoms with Crippen molar-refractivity contribution >= 4 is 10.1 Å². The molecule has 1 fully saturated rings. The van der Waals surface area contributed by atoms with E-state index in [0.29, 0.717) is 0 Å². The Morgan fingerprint density at radius 3 is 1.89 bits per heavy atom. The molecule has 0 atom stereocenters. The fraction of sp³-hybridized carbons (Fsp3) is 1.00. The number of ether oxygens (including phenoxy) is 1. The molecule has 0 saturated carbocycles. The summed E-state index contributed by atoms with van der Waals surface area (Å²) in [5, 5.41) is -0.775. The first kappa shape index (κ1) is 9.87. The molecule has 0 N–H and O–H groups in total. The monoisotopic (exact) mass is 160 g/mol. The van der Waals surface area contributed by atoms with Crippen LogP contribution in [0.3, 0.4) is 0 Å². The molecule has 0 radical (unpaired) electrons. The van der Waals surface area contributed by atoms with Crippen molar-refractivity contribution in [3.63, 3.8) is 0 Å². The van der Waals surface area contributed by atoms with E-state index >= 15 is 0 Å². The van der Waals surface area contributed by atoms with E-state index in [2.05, 4.69) is 4.74 Å². The quantitative estimate of drug-likeness (QED) is 0.289. The van der Waals surface area contributed by atoms with E-state index in [-0.39, 0.29) is 42.8 Å². The molecule has 4 nitrogen and oxygen atoms in total. The fourth-order valence-corrected chi connectivity index (χ4v) is 0.907. The third-order valence-electron chi connectivity index (χ3n) is 1.02. The summed E-state index contributed by atoms with van der Waals surface area (Å²) in [6.07, 6.45) is 0. The SMILES string of the molecule is O=S(=O)([O-])C1COC1.[Na+]. The van der Waals surface area contributed by atoms with Crippen molar-refractivity contribution in [1.29, 1.82) is 0 Å². The maximum Gasteiger partial charge on any atom is 1.00 e. The summed E-state index contributed by atoms with van der Waals surface area (Å²) in [6, 6.07) is 0. The van der Waals surface area contributed by atoms with E-state index in [1.165, 1.54) is 0 Å². The van der Waals surface area contributed by atoms with E-state index in [0.717, 1.165) is 0 Å². The van der Waals surface area contributed by atoms with Crippen molar-refractivity contribution in [3.05, 3.63) is 0 Å². The third-order valence-corrected chi connectivity index (χ3v) is 2.10. The van der Waals surface area contributed by atoms with Crippen molar-refractivity contribution in [3.8, 4) is 0 Å². The molecule has 0 aromatic rings. The van der Waals surface area contributed by atoms with E-state index in [1.807, 2.05) is 0 Å². The van der Waals surface area contributed by atoms with Crippen LogP contribution < -0.4 is 29.6 Å². The Bertz CT molecular complexity index is 170. The standard InChI is InChI=1S/C3H6O4S.Na/c4-8(5,6)3-1-7-2-3;/h3H,1-2H2,(H,4,5,6);/q;+1/p-1. The van der Waals surface area contributed by atoms with Gasteiger partial charge in [-0.05, 0) is 0 Å². The van der Waals surface area contributed by atoms with Gasteiger partial charge in [0.25, 0.3) is 0 Å². The molecule has 0 aliphatic carbocycles. The molecule has 0 unspecified atom stereocenters. The summed E-state index contributed by atoms with van der Waals surface area (Å²) in [5.41, 5.74) is 0. The molecular weight excluding hydrogens is 155 g/mol. The molecule has 0 spiro atoms. The van der Waals surface area contributed by atoms with Crippen molar-refractivity contribution in [2.45, 2.75) is 5.25 Å². The minimum absolute atomic E-state index is 0. The van der Waals surface area contributed by atoms with Crippen LogP contribution in [0, 0.1) is 0 Å². The third kappa shape index (κ3) is 2.53. The van der Waals surface area contributed by atoms with Gasteiger partial charge in [-0.2, -0.15) is 0 Å². The summed E-state index contributed by atoms with van der Waals surface area (Å²) >= 11 is 0. The van der Waals surface area contributed by atoms with Gasteiger partial charge in [-0.15, -0.1) is 0 Å². The first-order valence-corrected chi connectivity index (χ1v) is 3.60. The van der Waals surface area contributed by atoms with Gasteiger partial charge in [0.15, 0.2) is 0 Å². The zero-order valence-electron chi connectivity index (χ0n) is 5.03. The van der Waals surface area contributed by atoms with Crippen molar-refractivity contribution < 1.29 is 47.3 Å². The first-order valence-electron chi connectivity index (χ1n) is 2.13. The summed E-state index contributed by atoms with van der Waals surface area (Å²) in [6.45, 7) is 0.150. The largest absolute Gasteiger partial charge is 1.00 e. The smallest absolute Gasteiger partial charge is 0.748 e. The van der Waals surface area contributed by atoms with Gasteiger partial charge in [-0.25, -0.2) is 8.42 Å². The second-order valence-electron chi connectivity index (χ2n) is 1.65. The zero-order chi connectivity index (χ0) is 6.20. The van der Waals surface area contributed by atoms with Gasteiger partial charge in [0.2, 0.25) is 0 Å². The number of hydrogen-bond donors (Lipinski definition) is 0. The molecule has 48 valence electrons. The van der Waals surface area contributed by atoms with E-state index in [1.54, 1.807) is 0 Å². The molecule has 1 saturated heterocycles. The van der Waals surface area contributed by atoms with Gasteiger partial charge in [-0.1, -0.05) is 0 Å². The van der Waals surface area contributed by atoms with Crippen LogP contribution in [0.15, 0.2) is 0 Å². The molecule has 0 aromatic heterocycles. The maximum atomic E-state index is 9.98. The Balaban J connectivity index is 0.000000640. The molecule has 0 amide bonds. The summed E-state index contributed by atoms with van der Waals surface area (Å²) < 4.78 is 34.4. The number of hydrogen-bond acceptors (Lipinski definition) is 4. The summed E-state index contributed by atoms with van der Waals surface area (Å²) in [4.78, 5) is 0. The van der Waals surface area contributed by atoms with E-state index in [4.69, 9.17) is 0 Å². The van der Waals surface area contributed by atoms with Gasteiger partial charge in [0, 0.05) is 0 Å². The summed E-state index contributed by atoms with van der Waals surface area (Å²) in [5.74, 6) is 0. The van der Waals surface area contributed by atoms with Crippen LogP contribution in [0.5, 0.6) is 0 Å². The average Bonchev–Trinajstić information content (AvgIpc) is 1.16. The Hall–Kier alpha value is 0.870. The molecule has 1 aliphatic heterocycles. The van der Waals surface area contributed by atoms with Crippen LogP contribution in [-0.4, -0.2) is 31.4 Å². The topological polar surface area (TPSA) is 66.4 Å².